The summed E-state index contributed by atoms with van der Waals surface area (Å²) >= 11 is 0. The minimum absolute atomic E-state index is 0.304. The monoisotopic (exact) mass is 258 g/mol. The molecule has 0 radical (unpaired) electrons. The molecule has 2 heterocycles. The molecule has 0 aliphatic carbocycles. The van der Waals surface area contributed by atoms with Crippen LogP contribution in [0.3, 0.4) is 0 Å². The van der Waals surface area contributed by atoms with Crippen LogP contribution in [0.15, 0.2) is 37.3 Å². The van der Waals surface area contributed by atoms with E-state index in [1.165, 1.54) is 10.9 Å². The third-order valence-electron chi connectivity index (χ3n) is 2.69. The highest BCUT2D eigenvalue weighted by atomic mass is 16.4. The molecule has 98 valence electrons. The molecule has 0 saturated heterocycles. The van der Waals surface area contributed by atoms with Gasteiger partial charge in [0.05, 0.1) is 23.3 Å². The van der Waals surface area contributed by atoms with E-state index in [-0.39, 0.29) is 0 Å². The van der Waals surface area contributed by atoms with Gasteiger partial charge in [0.15, 0.2) is 0 Å². The molecule has 2 aromatic heterocycles. The molecule has 0 spiro atoms. The molecule has 1 amide bonds. The number of aromatic nitrogens is 3. The summed E-state index contributed by atoms with van der Waals surface area (Å²) < 4.78 is 1.53. The zero-order valence-corrected chi connectivity index (χ0v) is 10.7. The van der Waals surface area contributed by atoms with Crippen molar-refractivity contribution >= 4 is 17.5 Å². The van der Waals surface area contributed by atoms with Crippen LogP contribution in [0.25, 0.3) is 5.70 Å². The van der Waals surface area contributed by atoms with Crippen molar-refractivity contribution in [3.8, 4) is 0 Å². The highest BCUT2D eigenvalue weighted by Gasteiger charge is 2.22. The first-order valence-corrected chi connectivity index (χ1v) is 5.63. The van der Waals surface area contributed by atoms with E-state index < -0.39 is 6.09 Å². The molecule has 0 aliphatic rings. The fourth-order valence-electron chi connectivity index (χ4n) is 1.80. The van der Waals surface area contributed by atoms with Crippen molar-refractivity contribution < 1.29 is 9.90 Å². The van der Waals surface area contributed by atoms with Crippen molar-refractivity contribution in [2.24, 2.45) is 7.05 Å². The largest absolute Gasteiger partial charge is 0.464 e. The van der Waals surface area contributed by atoms with Gasteiger partial charge in [0, 0.05) is 19.4 Å². The minimum Gasteiger partial charge on any atom is -0.464 e. The van der Waals surface area contributed by atoms with Crippen molar-refractivity contribution in [1.82, 2.24) is 14.8 Å². The van der Waals surface area contributed by atoms with Crippen molar-refractivity contribution in [2.75, 3.05) is 4.90 Å². The van der Waals surface area contributed by atoms with E-state index >= 15 is 0 Å². The Labute approximate surface area is 110 Å². The van der Waals surface area contributed by atoms with Crippen LogP contribution in [0.4, 0.5) is 10.5 Å². The number of anilines is 1. The Hall–Kier alpha value is -2.63. The Morgan fingerprint density at radius 2 is 2.26 bits per heavy atom. The Balaban J connectivity index is 2.44. The summed E-state index contributed by atoms with van der Waals surface area (Å²) in [7, 11) is 1.72. The van der Waals surface area contributed by atoms with Crippen LogP contribution in [0.5, 0.6) is 0 Å². The Morgan fingerprint density at radius 1 is 1.53 bits per heavy atom. The van der Waals surface area contributed by atoms with Gasteiger partial charge in [-0.3, -0.25) is 9.67 Å². The van der Waals surface area contributed by atoms with Gasteiger partial charge in [-0.2, -0.15) is 5.10 Å². The molecule has 19 heavy (non-hydrogen) atoms. The molecule has 0 saturated carbocycles. The summed E-state index contributed by atoms with van der Waals surface area (Å²) in [6.07, 6.45) is 3.56. The zero-order valence-electron chi connectivity index (χ0n) is 10.7. The second-order valence-corrected chi connectivity index (χ2v) is 4.11. The second kappa shape index (κ2) is 4.93. The number of carboxylic acid groups (broad SMARTS) is 1. The summed E-state index contributed by atoms with van der Waals surface area (Å²) in [5, 5.41) is 13.3. The summed E-state index contributed by atoms with van der Waals surface area (Å²) in [4.78, 5) is 16.7. The van der Waals surface area contributed by atoms with E-state index in [1.807, 2.05) is 13.0 Å². The topological polar surface area (TPSA) is 71.2 Å². The van der Waals surface area contributed by atoms with E-state index in [4.69, 9.17) is 0 Å². The lowest BCUT2D eigenvalue weighted by Gasteiger charge is -2.20. The van der Waals surface area contributed by atoms with Crippen LogP contribution < -0.4 is 4.90 Å². The Morgan fingerprint density at radius 3 is 2.79 bits per heavy atom. The maximum atomic E-state index is 11.4. The van der Waals surface area contributed by atoms with Gasteiger partial charge in [0.1, 0.15) is 0 Å². The van der Waals surface area contributed by atoms with Gasteiger partial charge < -0.3 is 5.11 Å². The predicted octanol–water partition coefficient (Wildman–Crippen LogP) is 2.28. The first kappa shape index (κ1) is 12.8. The fourth-order valence-corrected chi connectivity index (χ4v) is 1.80. The molecule has 0 aliphatic heterocycles. The lowest BCUT2D eigenvalue weighted by molar-refractivity contribution is 0.205. The summed E-state index contributed by atoms with van der Waals surface area (Å²) in [6, 6.07) is 3.65. The maximum absolute atomic E-state index is 11.4. The molecule has 6 nitrogen and oxygen atoms in total. The molecule has 0 unspecified atom stereocenters. The first-order valence-electron chi connectivity index (χ1n) is 5.63. The molecule has 1 N–H and O–H groups in total. The van der Waals surface area contributed by atoms with E-state index in [0.717, 1.165) is 10.5 Å². The molecular weight excluding hydrogens is 244 g/mol. The van der Waals surface area contributed by atoms with Gasteiger partial charge >= 0.3 is 6.09 Å². The van der Waals surface area contributed by atoms with Crippen molar-refractivity contribution in [2.45, 2.75) is 6.92 Å². The first-order chi connectivity index (χ1) is 9.00. The maximum Gasteiger partial charge on any atom is 0.416 e. The van der Waals surface area contributed by atoms with Crippen LogP contribution in [0.2, 0.25) is 0 Å². The van der Waals surface area contributed by atoms with Gasteiger partial charge in [-0.25, -0.2) is 9.69 Å². The van der Waals surface area contributed by atoms with Crippen molar-refractivity contribution in [3.05, 3.63) is 48.6 Å². The SMILES string of the molecule is C=C(c1ncccc1C)N(C(=O)O)c1cnn(C)c1. The van der Waals surface area contributed by atoms with Crippen LogP contribution in [0, 0.1) is 6.92 Å². The number of aryl methyl sites for hydroxylation is 2. The molecule has 0 fully saturated rings. The number of hydrogen-bond acceptors (Lipinski definition) is 3. The predicted molar refractivity (Wildman–Crippen MR) is 71.7 cm³/mol. The molecule has 2 rings (SSSR count). The lowest BCUT2D eigenvalue weighted by Crippen LogP contribution is -2.27. The van der Waals surface area contributed by atoms with Crippen molar-refractivity contribution in [3.63, 3.8) is 0 Å². The van der Waals surface area contributed by atoms with Gasteiger partial charge in [-0.15, -0.1) is 0 Å². The standard InChI is InChI=1S/C13H14N4O2/c1-9-5-4-6-14-12(9)10(2)17(13(18)19)11-7-15-16(3)8-11/h4-8H,2H2,1,3H3,(H,18,19). The Kier molecular flexibility index (Phi) is 3.33. The minimum atomic E-state index is -1.12. The van der Waals surface area contributed by atoms with Crippen molar-refractivity contribution in [1.29, 1.82) is 0 Å². The summed E-state index contributed by atoms with van der Waals surface area (Å²) in [6.45, 7) is 5.70. The van der Waals surface area contributed by atoms with Crippen LogP contribution in [-0.4, -0.2) is 26.0 Å². The zero-order chi connectivity index (χ0) is 14.0. The van der Waals surface area contributed by atoms with Crippen LogP contribution >= 0.6 is 0 Å². The molecule has 0 bridgehead atoms. The number of nitrogens with zero attached hydrogens (tertiary/aromatic N) is 4. The Bertz CT molecular complexity index is 633. The lowest BCUT2D eigenvalue weighted by atomic mass is 10.1. The third kappa shape index (κ3) is 2.47. The molecule has 0 aromatic carbocycles. The average molecular weight is 258 g/mol. The number of rotatable bonds is 3. The number of pyridine rings is 1. The highest BCUT2D eigenvalue weighted by Crippen LogP contribution is 2.25. The van der Waals surface area contributed by atoms with Crippen LogP contribution in [0.1, 0.15) is 11.3 Å². The smallest absolute Gasteiger partial charge is 0.416 e. The quantitative estimate of drug-likeness (QED) is 0.916. The fraction of sp³-hybridized carbons (Fsp3) is 0.154. The molecule has 0 atom stereocenters. The summed E-state index contributed by atoms with van der Waals surface area (Å²) in [5.74, 6) is 0. The van der Waals surface area contributed by atoms with E-state index in [0.29, 0.717) is 17.1 Å². The normalized spacial score (nSPS) is 10.2. The second-order valence-electron chi connectivity index (χ2n) is 4.11. The van der Waals surface area contributed by atoms with E-state index in [2.05, 4.69) is 16.7 Å². The van der Waals surface area contributed by atoms with Gasteiger partial charge in [0.2, 0.25) is 0 Å². The molecule has 6 heteroatoms. The number of amides is 1. The summed E-state index contributed by atoms with van der Waals surface area (Å²) in [5.41, 5.74) is 2.15. The van der Waals surface area contributed by atoms with Gasteiger partial charge in [-0.05, 0) is 18.6 Å². The molecule has 2 aromatic rings. The highest BCUT2D eigenvalue weighted by molar-refractivity contribution is 6.00. The number of hydrogen-bond donors (Lipinski definition) is 1. The number of carbonyl (C=O) groups is 1. The van der Waals surface area contributed by atoms with Gasteiger partial charge in [-0.1, -0.05) is 12.6 Å². The van der Waals surface area contributed by atoms with E-state index in [9.17, 15) is 9.90 Å². The molecular formula is C13H14N4O2. The van der Waals surface area contributed by atoms with Gasteiger partial charge in [0.25, 0.3) is 0 Å². The average Bonchev–Trinajstić information content (AvgIpc) is 2.75. The van der Waals surface area contributed by atoms with E-state index in [1.54, 1.807) is 25.5 Å². The van der Waals surface area contributed by atoms with Crippen LogP contribution in [-0.2, 0) is 7.05 Å². The third-order valence-corrected chi connectivity index (χ3v) is 2.69.